The molecule has 0 saturated heterocycles. The largest absolute Gasteiger partial charge is 0.497 e. The van der Waals surface area contributed by atoms with Crippen molar-refractivity contribution in [2.24, 2.45) is 0 Å². The molecule has 2 aromatic carbocycles. The number of H-pyrrole nitrogens is 1. The molecule has 3 aromatic rings. The number of hydrogen-bond donors (Lipinski definition) is 1. The first-order valence-electron chi connectivity index (χ1n) is 5.84. The number of nitrogens with zero attached hydrogens (tertiary/aromatic N) is 1. The van der Waals surface area contributed by atoms with Gasteiger partial charge in [0, 0.05) is 14.7 Å². The molecule has 0 amide bonds. The first-order chi connectivity index (χ1) is 9.60. The van der Waals surface area contributed by atoms with E-state index < -0.39 is 0 Å². The number of methoxy groups -OCH3 is 1. The highest BCUT2D eigenvalue weighted by Crippen LogP contribution is 2.27. The highest BCUT2D eigenvalue weighted by molar-refractivity contribution is 14.1. The van der Waals surface area contributed by atoms with Crippen LogP contribution < -0.4 is 4.74 Å². The summed E-state index contributed by atoms with van der Waals surface area (Å²) in [4.78, 5) is 3.20. The monoisotopic (exact) mass is 416 g/mol. The summed E-state index contributed by atoms with van der Waals surface area (Å²) in [7, 11) is 1.65. The zero-order chi connectivity index (χ0) is 14.3. The molecule has 6 heteroatoms. The van der Waals surface area contributed by atoms with Crippen LogP contribution in [-0.4, -0.2) is 16.7 Å². The molecule has 0 bridgehead atoms. The quantitative estimate of drug-likeness (QED) is 0.473. The molecule has 1 N–H and O–H groups in total. The number of benzene rings is 2. The van der Waals surface area contributed by atoms with Crippen molar-refractivity contribution in [1.29, 1.82) is 0 Å². The van der Waals surface area contributed by atoms with E-state index in [4.69, 9.17) is 28.6 Å². The lowest BCUT2D eigenvalue weighted by Crippen LogP contribution is -1.97. The van der Waals surface area contributed by atoms with Gasteiger partial charge in [-0.05, 0) is 65.1 Å². The topological polar surface area (TPSA) is 29.9 Å². The van der Waals surface area contributed by atoms with Gasteiger partial charge in [-0.15, -0.1) is 0 Å². The summed E-state index contributed by atoms with van der Waals surface area (Å²) in [6.07, 6.45) is 0. The minimum atomic E-state index is 0.647. The van der Waals surface area contributed by atoms with Gasteiger partial charge in [0.25, 0.3) is 0 Å². The van der Waals surface area contributed by atoms with Gasteiger partial charge < -0.3 is 9.72 Å². The lowest BCUT2D eigenvalue weighted by molar-refractivity contribution is 0.415. The summed E-state index contributed by atoms with van der Waals surface area (Å²) in [5.74, 6) is 0.796. The van der Waals surface area contributed by atoms with Crippen molar-refractivity contribution in [3.05, 3.63) is 49.8 Å². The highest BCUT2D eigenvalue weighted by atomic mass is 127. The summed E-state index contributed by atoms with van der Waals surface area (Å²) in [6.45, 7) is 0. The smallest absolute Gasteiger partial charge is 0.182 e. The molecule has 0 aliphatic heterocycles. The van der Waals surface area contributed by atoms with Crippen LogP contribution in [-0.2, 0) is 0 Å². The van der Waals surface area contributed by atoms with Crippen LogP contribution >= 0.6 is 46.4 Å². The second-order valence-corrected chi connectivity index (χ2v) is 6.23. The van der Waals surface area contributed by atoms with E-state index >= 15 is 0 Å². The first kappa shape index (κ1) is 13.9. The number of aromatic amines is 1. The maximum Gasteiger partial charge on any atom is 0.182 e. The Morgan fingerprint density at radius 3 is 2.75 bits per heavy atom. The second kappa shape index (κ2) is 5.38. The number of nitrogens with one attached hydrogen (secondary N) is 1. The molecular weight excluding hydrogens is 407 g/mol. The van der Waals surface area contributed by atoms with E-state index in [2.05, 4.69) is 27.6 Å². The van der Waals surface area contributed by atoms with Gasteiger partial charge in [0.05, 0.1) is 23.8 Å². The summed E-state index contributed by atoms with van der Waals surface area (Å²) < 4.78 is 8.96. The number of rotatable bonds is 2. The SMILES string of the molecule is COc1ccc2[nH]c(=S)n(-c3ccc(Cl)cc3I)c2c1. The average molecular weight is 417 g/mol. The molecule has 1 aromatic heterocycles. The number of imidazole rings is 1. The Morgan fingerprint density at radius 1 is 1.25 bits per heavy atom. The summed E-state index contributed by atoms with van der Waals surface area (Å²) in [6, 6.07) is 11.6. The lowest BCUT2D eigenvalue weighted by atomic mass is 10.2. The average Bonchev–Trinajstić information content (AvgIpc) is 2.74. The standard InChI is InChI=1S/C14H10ClIN2OS/c1-19-9-3-4-11-13(7-9)18(14(20)17-11)12-5-2-8(15)6-10(12)16/h2-7H,1H3,(H,17,20). The number of fused-ring (bicyclic) bond motifs is 1. The van der Waals surface area contributed by atoms with Gasteiger partial charge in [0.1, 0.15) is 5.75 Å². The molecular formula is C14H10ClIN2OS. The van der Waals surface area contributed by atoms with E-state index in [0.717, 1.165) is 26.0 Å². The zero-order valence-corrected chi connectivity index (χ0v) is 14.2. The maximum absolute atomic E-state index is 6.02. The van der Waals surface area contributed by atoms with Crippen molar-refractivity contribution in [3.8, 4) is 11.4 Å². The van der Waals surface area contributed by atoms with Crippen LogP contribution in [0.3, 0.4) is 0 Å². The van der Waals surface area contributed by atoms with Gasteiger partial charge >= 0.3 is 0 Å². The molecule has 0 spiro atoms. The summed E-state index contributed by atoms with van der Waals surface area (Å²) in [5, 5.41) is 0.710. The molecule has 0 unspecified atom stereocenters. The Balaban J connectivity index is 2.34. The number of halogens is 2. The van der Waals surface area contributed by atoms with E-state index in [-0.39, 0.29) is 0 Å². The third-order valence-corrected chi connectivity index (χ3v) is 4.42. The Bertz CT molecular complexity index is 856. The van der Waals surface area contributed by atoms with E-state index in [1.165, 1.54) is 0 Å². The molecule has 0 aliphatic rings. The fraction of sp³-hybridized carbons (Fsp3) is 0.0714. The molecule has 0 aliphatic carbocycles. The second-order valence-electron chi connectivity index (χ2n) is 4.24. The molecule has 102 valence electrons. The van der Waals surface area contributed by atoms with E-state index in [1.807, 2.05) is 41.0 Å². The Hall–Kier alpha value is -1.05. The fourth-order valence-electron chi connectivity index (χ4n) is 2.11. The molecule has 0 saturated carbocycles. The van der Waals surface area contributed by atoms with Crippen LogP contribution in [0.4, 0.5) is 0 Å². The molecule has 3 nitrogen and oxygen atoms in total. The number of hydrogen-bond acceptors (Lipinski definition) is 2. The Kier molecular flexibility index (Phi) is 3.74. The molecule has 0 atom stereocenters. The Morgan fingerprint density at radius 2 is 2.05 bits per heavy atom. The fourth-order valence-corrected chi connectivity index (χ4v) is 3.53. The van der Waals surface area contributed by atoms with E-state index in [1.54, 1.807) is 7.11 Å². The predicted octanol–water partition coefficient (Wildman–Crippen LogP) is 4.95. The van der Waals surface area contributed by atoms with Crippen LogP contribution in [0.5, 0.6) is 5.75 Å². The van der Waals surface area contributed by atoms with Gasteiger partial charge in [-0.1, -0.05) is 11.6 Å². The van der Waals surface area contributed by atoms with Crippen molar-refractivity contribution in [2.75, 3.05) is 7.11 Å². The van der Waals surface area contributed by atoms with Crippen molar-refractivity contribution < 1.29 is 4.74 Å². The van der Waals surface area contributed by atoms with Gasteiger partial charge in [-0.2, -0.15) is 0 Å². The van der Waals surface area contributed by atoms with Crippen LogP contribution in [0.15, 0.2) is 36.4 Å². The minimum absolute atomic E-state index is 0.647. The number of aromatic nitrogens is 2. The Labute approximate surface area is 139 Å². The third-order valence-electron chi connectivity index (χ3n) is 3.04. The summed E-state index contributed by atoms with van der Waals surface area (Å²) in [5.41, 5.74) is 2.95. The van der Waals surface area contributed by atoms with Crippen LogP contribution in [0.2, 0.25) is 5.02 Å². The molecule has 3 rings (SSSR count). The van der Waals surface area contributed by atoms with Gasteiger partial charge in [0.15, 0.2) is 4.77 Å². The van der Waals surface area contributed by atoms with E-state index in [0.29, 0.717) is 9.79 Å². The minimum Gasteiger partial charge on any atom is -0.497 e. The summed E-state index contributed by atoms with van der Waals surface area (Å²) >= 11 is 13.7. The normalized spacial score (nSPS) is 10.9. The third kappa shape index (κ3) is 2.34. The van der Waals surface area contributed by atoms with Crippen LogP contribution in [0.1, 0.15) is 0 Å². The molecule has 0 fully saturated rings. The van der Waals surface area contributed by atoms with E-state index in [9.17, 15) is 0 Å². The van der Waals surface area contributed by atoms with Gasteiger partial charge in [0.2, 0.25) is 0 Å². The molecule has 0 radical (unpaired) electrons. The zero-order valence-electron chi connectivity index (χ0n) is 10.5. The first-order valence-corrected chi connectivity index (χ1v) is 7.71. The molecule has 20 heavy (non-hydrogen) atoms. The van der Waals surface area contributed by atoms with Crippen LogP contribution in [0.25, 0.3) is 16.7 Å². The van der Waals surface area contributed by atoms with Crippen LogP contribution in [0, 0.1) is 8.34 Å². The van der Waals surface area contributed by atoms with Crippen molar-refractivity contribution in [3.63, 3.8) is 0 Å². The molecule has 1 heterocycles. The lowest BCUT2D eigenvalue weighted by Gasteiger charge is -2.08. The van der Waals surface area contributed by atoms with Crippen molar-refractivity contribution in [2.45, 2.75) is 0 Å². The maximum atomic E-state index is 6.02. The van der Waals surface area contributed by atoms with Gasteiger partial charge in [-0.25, -0.2) is 0 Å². The van der Waals surface area contributed by atoms with Crippen molar-refractivity contribution in [1.82, 2.24) is 9.55 Å². The van der Waals surface area contributed by atoms with Crippen molar-refractivity contribution >= 4 is 57.4 Å². The van der Waals surface area contributed by atoms with Gasteiger partial charge in [-0.3, -0.25) is 4.57 Å². The predicted molar refractivity (Wildman–Crippen MR) is 92.7 cm³/mol. The highest BCUT2D eigenvalue weighted by Gasteiger charge is 2.10. The number of ether oxygens (including phenoxy) is 1.